The molecular weight excluding hydrogens is 316 g/mol. The van der Waals surface area contributed by atoms with E-state index >= 15 is 0 Å². The first-order valence-corrected chi connectivity index (χ1v) is 7.12. The van der Waals surface area contributed by atoms with Gasteiger partial charge in [0.2, 0.25) is 5.91 Å². The van der Waals surface area contributed by atoms with Crippen molar-refractivity contribution in [3.05, 3.63) is 51.2 Å². The van der Waals surface area contributed by atoms with Crippen LogP contribution in [0.3, 0.4) is 0 Å². The lowest BCUT2D eigenvalue weighted by molar-refractivity contribution is -0.384. The molecule has 0 radical (unpaired) electrons. The third-order valence-corrected chi connectivity index (χ3v) is 4.06. The molecule has 1 aromatic carbocycles. The topological polar surface area (TPSA) is 127 Å². The van der Waals surface area contributed by atoms with Crippen molar-refractivity contribution >= 4 is 23.4 Å². The van der Waals surface area contributed by atoms with Crippen LogP contribution in [-0.2, 0) is 14.3 Å². The number of nitro groups is 1. The lowest BCUT2D eigenvalue weighted by Crippen LogP contribution is -2.40. The van der Waals surface area contributed by atoms with Crippen molar-refractivity contribution in [3.8, 4) is 0 Å². The van der Waals surface area contributed by atoms with Gasteiger partial charge in [0, 0.05) is 29.3 Å². The van der Waals surface area contributed by atoms with E-state index in [4.69, 9.17) is 4.74 Å². The minimum absolute atomic E-state index is 0.121. The zero-order valence-electron chi connectivity index (χ0n) is 12.9. The molecule has 0 saturated carbocycles. The fourth-order valence-electron chi connectivity index (χ4n) is 2.99. The summed E-state index contributed by atoms with van der Waals surface area (Å²) < 4.78 is 4.76. The standard InChI is InChI=1S/C15H14N4O5/c1-7-10-11(8-4-3-5-9(6-8)19(22)23)12(15(21)24-2)14(20)16-13(10)18-17-7/h3-6,11-12H,1-2H3,(H2,16,17,18,20). The van der Waals surface area contributed by atoms with E-state index in [1.165, 1.54) is 25.3 Å². The summed E-state index contributed by atoms with van der Waals surface area (Å²) in [5.74, 6) is -2.83. The lowest BCUT2D eigenvalue weighted by atomic mass is 9.77. The number of nitrogens with zero attached hydrogens (tertiary/aromatic N) is 2. The van der Waals surface area contributed by atoms with Crippen molar-refractivity contribution in [1.82, 2.24) is 10.2 Å². The summed E-state index contributed by atoms with van der Waals surface area (Å²) in [4.78, 5) is 35.1. The molecule has 2 N–H and O–H groups in total. The number of non-ortho nitro benzene ring substituents is 1. The minimum atomic E-state index is -1.15. The number of benzene rings is 1. The predicted molar refractivity (Wildman–Crippen MR) is 82.4 cm³/mol. The molecule has 124 valence electrons. The number of hydrogen-bond donors (Lipinski definition) is 2. The average molecular weight is 330 g/mol. The van der Waals surface area contributed by atoms with Crippen LogP contribution in [-0.4, -0.2) is 34.1 Å². The molecule has 3 rings (SSSR count). The molecule has 2 heterocycles. The van der Waals surface area contributed by atoms with Gasteiger partial charge in [0.05, 0.1) is 12.0 Å². The number of nitrogens with one attached hydrogen (secondary N) is 2. The van der Waals surface area contributed by atoms with Crippen molar-refractivity contribution < 1.29 is 19.2 Å². The van der Waals surface area contributed by atoms with Gasteiger partial charge in [0.1, 0.15) is 5.92 Å². The monoisotopic (exact) mass is 330 g/mol. The fraction of sp³-hybridized carbons (Fsp3) is 0.267. The van der Waals surface area contributed by atoms with Crippen LogP contribution in [0.1, 0.15) is 22.7 Å². The maximum atomic E-state index is 12.4. The quantitative estimate of drug-likeness (QED) is 0.380. The summed E-state index contributed by atoms with van der Waals surface area (Å²) >= 11 is 0. The molecule has 9 heteroatoms. The number of nitro benzene ring substituents is 1. The van der Waals surface area contributed by atoms with Gasteiger partial charge in [0.15, 0.2) is 5.82 Å². The van der Waals surface area contributed by atoms with E-state index in [0.29, 0.717) is 22.6 Å². The van der Waals surface area contributed by atoms with Crippen molar-refractivity contribution in [3.63, 3.8) is 0 Å². The number of amides is 1. The van der Waals surface area contributed by atoms with E-state index in [-0.39, 0.29) is 5.69 Å². The fourth-order valence-corrected chi connectivity index (χ4v) is 2.99. The second-order valence-electron chi connectivity index (χ2n) is 5.43. The Morgan fingerprint density at radius 1 is 1.42 bits per heavy atom. The Kier molecular flexibility index (Phi) is 3.76. The highest BCUT2D eigenvalue weighted by atomic mass is 16.6. The number of carbonyl (C=O) groups excluding carboxylic acids is 2. The van der Waals surface area contributed by atoms with E-state index in [9.17, 15) is 19.7 Å². The van der Waals surface area contributed by atoms with Gasteiger partial charge in [-0.25, -0.2) is 0 Å². The van der Waals surface area contributed by atoms with Crippen LogP contribution in [0.2, 0.25) is 0 Å². The first-order valence-electron chi connectivity index (χ1n) is 7.12. The number of hydrogen-bond acceptors (Lipinski definition) is 6. The Hall–Kier alpha value is -3.23. The SMILES string of the molecule is COC(=O)C1C(=O)Nc2n[nH]c(C)c2C1c1cccc([N+](=O)[O-])c1. The Balaban J connectivity index is 2.21. The number of aryl methyl sites for hydroxylation is 1. The van der Waals surface area contributed by atoms with Crippen LogP contribution < -0.4 is 5.32 Å². The number of fused-ring (bicyclic) bond motifs is 1. The second kappa shape index (κ2) is 5.76. The summed E-state index contributed by atoms with van der Waals surface area (Å²) in [6.07, 6.45) is 0. The minimum Gasteiger partial charge on any atom is -0.468 e. The summed E-state index contributed by atoms with van der Waals surface area (Å²) in [6, 6.07) is 5.87. The highest BCUT2D eigenvalue weighted by Crippen LogP contribution is 2.42. The summed E-state index contributed by atoms with van der Waals surface area (Å²) in [5, 5.41) is 20.4. The lowest BCUT2D eigenvalue weighted by Gasteiger charge is -2.29. The van der Waals surface area contributed by atoms with Crippen molar-refractivity contribution in [2.45, 2.75) is 12.8 Å². The van der Waals surface area contributed by atoms with Gasteiger partial charge in [-0.2, -0.15) is 5.10 Å². The zero-order chi connectivity index (χ0) is 17.4. The molecule has 2 unspecified atom stereocenters. The largest absolute Gasteiger partial charge is 0.468 e. The number of carbonyl (C=O) groups is 2. The van der Waals surface area contributed by atoms with Crippen molar-refractivity contribution in [2.75, 3.05) is 12.4 Å². The van der Waals surface area contributed by atoms with Crippen LogP contribution in [0.15, 0.2) is 24.3 Å². The summed E-state index contributed by atoms with van der Waals surface area (Å²) in [6.45, 7) is 1.75. The van der Waals surface area contributed by atoms with Gasteiger partial charge in [-0.15, -0.1) is 0 Å². The Morgan fingerprint density at radius 2 is 2.17 bits per heavy atom. The first-order chi connectivity index (χ1) is 11.4. The van der Waals surface area contributed by atoms with Crippen molar-refractivity contribution in [1.29, 1.82) is 0 Å². The highest BCUT2D eigenvalue weighted by Gasteiger charge is 2.44. The number of anilines is 1. The van der Waals surface area contributed by atoms with Crippen molar-refractivity contribution in [2.24, 2.45) is 5.92 Å². The Morgan fingerprint density at radius 3 is 2.83 bits per heavy atom. The molecule has 0 bridgehead atoms. The molecule has 0 fully saturated rings. The number of esters is 1. The van der Waals surface area contributed by atoms with Crippen LogP contribution >= 0.6 is 0 Å². The number of aromatic amines is 1. The maximum absolute atomic E-state index is 12.4. The molecule has 24 heavy (non-hydrogen) atoms. The molecule has 0 spiro atoms. The second-order valence-corrected chi connectivity index (χ2v) is 5.43. The van der Waals surface area contributed by atoms with E-state index in [1.807, 2.05) is 0 Å². The van der Waals surface area contributed by atoms with Crippen LogP contribution in [0.5, 0.6) is 0 Å². The van der Waals surface area contributed by atoms with E-state index in [1.54, 1.807) is 13.0 Å². The molecule has 2 atom stereocenters. The van der Waals surface area contributed by atoms with Gasteiger partial charge in [-0.05, 0) is 12.5 Å². The van der Waals surface area contributed by atoms with Crippen LogP contribution in [0.4, 0.5) is 11.5 Å². The summed E-state index contributed by atoms with van der Waals surface area (Å²) in [5.41, 5.74) is 1.63. The third-order valence-electron chi connectivity index (χ3n) is 4.06. The third kappa shape index (κ3) is 2.39. The number of aromatic nitrogens is 2. The molecular formula is C15H14N4O5. The normalized spacial score (nSPS) is 19.3. The highest BCUT2D eigenvalue weighted by molar-refractivity contribution is 6.08. The van der Waals surface area contributed by atoms with Gasteiger partial charge >= 0.3 is 5.97 Å². The number of methoxy groups -OCH3 is 1. The van der Waals surface area contributed by atoms with E-state index in [0.717, 1.165) is 0 Å². The van der Waals surface area contributed by atoms with E-state index in [2.05, 4.69) is 15.5 Å². The van der Waals surface area contributed by atoms with Gasteiger partial charge in [-0.3, -0.25) is 24.8 Å². The average Bonchev–Trinajstić information content (AvgIpc) is 2.93. The Labute approximate surface area is 136 Å². The molecule has 1 aliphatic heterocycles. The molecule has 0 aliphatic carbocycles. The molecule has 1 aromatic heterocycles. The smallest absolute Gasteiger partial charge is 0.319 e. The van der Waals surface area contributed by atoms with Gasteiger partial charge in [-0.1, -0.05) is 12.1 Å². The maximum Gasteiger partial charge on any atom is 0.319 e. The van der Waals surface area contributed by atoms with Crippen LogP contribution in [0.25, 0.3) is 0 Å². The summed E-state index contributed by atoms with van der Waals surface area (Å²) in [7, 11) is 1.19. The Bertz CT molecular complexity index is 844. The molecule has 1 amide bonds. The van der Waals surface area contributed by atoms with Crippen LogP contribution in [0, 0.1) is 23.0 Å². The number of H-pyrrole nitrogens is 1. The number of ether oxygens (including phenoxy) is 1. The molecule has 9 nitrogen and oxygen atoms in total. The van der Waals surface area contributed by atoms with Gasteiger partial charge in [0.25, 0.3) is 5.69 Å². The van der Waals surface area contributed by atoms with Gasteiger partial charge < -0.3 is 10.1 Å². The molecule has 0 saturated heterocycles. The van der Waals surface area contributed by atoms with E-state index < -0.39 is 28.6 Å². The zero-order valence-corrected chi connectivity index (χ0v) is 12.9. The number of rotatable bonds is 3. The molecule has 1 aliphatic rings. The first kappa shape index (κ1) is 15.7. The predicted octanol–water partition coefficient (Wildman–Crippen LogP) is 1.50. The molecule has 2 aromatic rings.